The van der Waals surface area contributed by atoms with Gasteiger partial charge in [0, 0.05) is 11.3 Å². The Morgan fingerprint density at radius 1 is 1.47 bits per heavy atom. The number of aromatic nitrogens is 2. The van der Waals surface area contributed by atoms with E-state index < -0.39 is 0 Å². The molecule has 0 aliphatic heterocycles. The molecule has 2 atom stereocenters. The third-order valence-corrected chi connectivity index (χ3v) is 4.66. The standard InChI is InChI=1S/C10H19N3S2/c1-4-6-8(11)9(5-2)14-10-12-7(3)13-15-10/h8-9H,4-6,11H2,1-3H3. The number of nitrogens with two attached hydrogens (primary N) is 1. The summed E-state index contributed by atoms with van der Waals surface area (Å²) in [5, 5.41) is 0.470. The van der Waals surface area contributed by atoms with Crippen LogP contribution >= 0.6 is 23.3 Å². The van der Waals surface area contributed by atoms with Crippen LogP contribution in [0.15, 0.2) is 4.34 Å². The van der Waals surface area contributed by atoms with Crippen LogP contribution in [0.5, 0.6) is 0 Å². The summed E-state index contributed by atoms with van der Waals surface area (Å²) in [4.78, 5) is 4.36. The SMILES string of the molecule is CCCC(N)C(CC)Sc1nc(C)ns1. The number of nitrogens with zero attached hydrogens (tertiary/aromatic N) is 2. The van der Waals surface area contributed by atoms with Crippen LogP contribution in [0.2, 0.25) is 0 Å². The third-order valence-electron chi connectivity index (χ3n) is 2.26. The maximum atomic E-state index is 6.13. The molecule has 0 bridgehead atoms. The predicted octanol–water partition coefficient (Wildman–Crippen LogP) is 2.84. The average Bonchev–Trinajstić information content (AvgIpc) is 2.61. The predicted molar refractivity (Wildman–Crippen MR) is 67.5 cm³/mol. The summed E-state index contributed by atoms with van der Waals surface area (Å²) in [6.07, 6.45) is 3.32. The van der Waals surface area contributed by atoms with Gasteiger partial charge in [-0.05, 0) is 31.3 Å². The van der Waals surface area contributed by atoms with E-state index in [1.54, 1.807) is 11.8 Å². The summed E-state index contributed by atoms with van der Waals surface area (Å²) in [5.74, 6) is 0.862. The number of aryl methyl sites for hydroxylation is 1. The first kappa shape index (κ1) is 12.9. The fourth-order valence-electron chi connectivity index (χ4n) is 1.45. The molecule has 0 radical (unpaired) electrons. The molecule has 1 heterocycles. The quantitative estimate of drug-likeness (QED) is 0.783. The molecule has 1 aromatic heterocycles. The summed E-state index contributed by atoms with van der Waals surface area (Å²) in [6, 6.07) is 0.272. The minimum absolute atomic E-state index is 0.272. The second-order valence-corrected chi connectivity index (χ2v) is 5.86. The van der Waals surface area contributed by atoms with Crippen molar-refractivity contribution in [2.45, 2.75) is 55.7 Å². The zero-order chi connectivity index (χ0) is 11.3. The first-order valence-electron chi connectivity index (χ1n) is 5.39. The highest BCUT2D eigenvalue weighted by Gasteiger charge is 2.18. The number of hydrogen-bond acceptors (Lipinski definition) is 5. The van der Waals surface area contributed by atoms with Gasteiger partial charge in [0.1, 0.15) is 5.82 Å². The highest BCUT2D eigenvalue weighted by molar-refractivity contribution is 8.01. The van der Waals surface area contributed by atoms with Crippen molar-refractivity contribution in [1.29, 1.82) is 0 Å². The van der Waals surface area contributed by atoms with Gasteiger partial charge in [-0.15, -0.1) is 0 Å². The van der Waals surface area contributed by atoms with Crippen LogP contribution < -0.4 is 5.73 Å². The lowest BCUT2D eigenvalue weighted by molar-refractivity contribution is 0.566. The lowest BCUT2D eigenvalue weighted by atomic mass is 10.1. The van der Waals surface area contributed by atoms with Crippen molar-refractivity contribution in [2.24, 2.45) is 5.73 Å². The Kier molecular flexibility index (Phi) is 5.56. The lowest BCUT2D eigenvalue weighted by Crippen LogP contribution is -2.31. The van der Waals surface area contributed by atoms with E-state index in [1.165, 1.54) is 11.5 Å². The van der Waals surface area contributed by atoms with Crippen molar-refractivity contribution >= 4 is 23.3 Å². The Morgan fingerprint density at radius 2 is 2.20 bits per heavy atom. The van der Waals surface area contributed by atoms with E-state index >= 15 is 0 Å². The van der Waals surface area contributed by atoms with Crippen molar-refractivity contribution in [1.82, 2.24) is 9.36 Å². The molecule has 2 unspecified atom stereocenters. The van der Waals surface area contributed by atoms with Crippen molar-refractivity contribution in [2.75, 3.05) is 0 Å². The Labute approximate surface area is 100 Å². The van der Waals surface area contributed by atoms with Gasteiger partial charge in [0.15, 0.2) is 4.34 Å². The van der Waals surface area contributed by atoms with Gasteiger partial charge in [0.2, 0.25) is 0 Å². The molecule has 0 aliphatic rings. The third kappa shape index (κ3) is 4.09. The van der Waals surface area contributed by atoms with Gasteiger partial charge in [-0.1, -0.05) is 32.0 Å². The first-order valence-corrected chi connectivity index (χ1v) is 7.05. The van der Waals surface area contributed by atoms with Crippen molar-refractivity contribution in [3.63, 3.8) is 0 Å². The molecule has 1 aromatic rings. The van der Waals surface area contributed by atoms with Gasteiger partial charge in [0.05, 0.1) is 0 Å². The molecule has 0 aromatic carbocycles. The minimum atomic E-state index is 0.272. The Bertz CT molecular complexity index is 288. The van der Waals surface area contributed by atoms with E-state index in [9.17, 15) is 0 Å². The highest BCUT2D eigenvalue weighted by Crippen LogP contribution is 2.29. The molecule has 3 nitrogen and oxygen atoms in total. The van der Waals surface area contributed by atoms with Crippen LogP contribution in [0.25, 0.3) is 0 Å². The molecule has 0 aliphatic carbocycles. The van der Waals surface area contributed by atoms with Crippen LogP contribution in [0.4, 0.5) is 0 Å². The molecule has 0 amide bonds. The largest absolute Gasteiger partial charge is 0.327 e. The van der Waals surface area contributed by atoms with Crippen LogP contribution in [-0.2, 0) is 0 Å². The molecule has 86 valence electrons. The van der Waals surface area contributed by atoms with E-state index in [2.05, 4.69) is 23.2 Å². The monoisotopic (exact) mass is 245 g/mol. The zero-order valence-corrected chi connectivity index (χ0v) is 11.2. The maximum Gasteiger partial charge on any atom is 0.170 e. The summed E-state index contributed by atoms with van der Waals surface area (Å²) in [5.41, 5.74) is 6.13. The van der Waals surface area contributed by atoms with Gasteiger partial charge < -0.3 is 5.73 Å². The second kappa shape index (κ2) is 6.45. The molecule has 0 saturated carbocycles. The van der Waals surface area contributed by atoms with E-state index in [0.29, 0.717) is 5.25 Å². The van der Waals surface area contributed by atoms with Gasteiger partial charge in [-0.3, -0.25) is 0 Å². The Morgan fingerprint density at radius 3 is 2.67 bits per heavy atom. The van der Waals surface area contributed by atoms with Crippen LogP contribution in [0.3, 0.4) is 0 Å². The van der Waals surface area contributed by atoms with Gasteiger partial charge in [-0.25, -0.2) is 4.98 Å². The fourth-order valence-corrected chi connectivity index (χ4v) is 3.45. The molecular formula is C10H19N3S2. The van der Waals surface area contributed by atoms with Crippen LogP contribution in [0.1, 0.15) is 38.9 Å². The summed E-state index contributed by atoms with van der Waals surface area (Å²) >= 11 is 3.25. The molecule has 5 heteroatoms. The minimum Gasteiger partial charge on any atom is -0.327 e. The molecule has 0 fully saturated rings. The van der Waals surface area contributed by atoms with E-state index in [-0.39, 0.29) is 6.04 Å². The van der Waals surface area contributed by atoms with Crippen LogP contribution in [-0.4, -0.2) is 20.6 Å². The van der Waals surface area contributed by atoms with E-state index in [4.69, 9.17) is 5.73 Å². The van der Waals surface area contributed by atoms with Crippen molar-refractivity contribution < 1.29 is 0 Å². The zero-order valence-electron chi connectivity index (χ0n) is 9.56. The summed E-state index contributed by atoms with van der Waals surface area (Å²) in [6.45, 7) is 6.28. The van der Waals surface area contributed by atoms with Gasteiger partial charge in [0.25, 0.3) is 0 Å². The number of thioether (sulfide) groups is 1. The van der Waals surface area contributed by atoms with Gasteiger partial charge >= 0.3 is 0 Å². The van der Waals surface area contributed by atoms with E-state index in [1.807, 2.05) is 6.92 Å². The normalized spacial score (nSPS) is 15.2. The smallest absolute Gasteiger partial charge is 0.170 e. The molecule has 0 saturated heterocycles. The number of hydrogen-bond donors (Lipinski definition) is 1. The molecule has 2 N–H and O–H groups in total. The summed E-state index contributed by atoms with van der Waals surface area (Å²) < 4.78 is 5.23. The molecular weight excluding hydrogens is 226 g/mol. The highest BCUT2D eigenvalue weighted by atomic mass is 32.2. The van der Waals surface area contributed by atoms with Crippen LogP contribution in [0, 0.1) is 6.92 Å². The first-order chi connectivity index (χ1) is 7.17. The average molecular weight is 245 g/mol. The Hall–Kier alpha value is -0.130. The summed E-state index contributed by atoms with van der Waals surface area (Å²) in [7, 11) is 0. The molecule has 0 spiro atoms. The maximum absolute atomic E-state index is 6.13. The van der Waals surface area contributed by atoms with Gasteiger partial charge in [-0.2, -0.15) is 4.37 Å². The fraction of sp³-hybridized carbons (Fsp3) is 0.800. The Balaban J connectivity index is 2.53. The number of rotatable bonds is 6. The lowest BCUT2D eigenvalue weighted by Gasteiger charge is -2.20. The topological polar surface area (TPSA) is 51.8 Å². The second-order valence-electron chi connectivity index (χ2n) is 3.62. The van der Waals surface area contributed by atoms with Crippen molar-refractivity contribution in [3.05, 3.63) is 5.82 Å². The molecule has 1 rings (SSSR count). The van der Waals surface area contributed by atoms with E-state index in [0.717, 1.165) is 29.4 Å². The molecule has 15 heavy (non-hydrogen) atoms. The van der Waals surface area contributed by atoms with Crippen molar-refractivity contribution in [3.8, 4) is 0 Å².